The van der Waals surface area contributed by atoms with Gasteiger partial charge >= 0.3 is 5.97 Å². The van der Waals surface area contributed by atoms with Gasteiger partial charge in [-0.1, -0.05) is 0 Å². The van der Waals surface area contributed by atoms with Gasteiger partial charge in [0, 0.05) is 31.5 Å². The third kappa shape index (κ3) is 2.41. The summed E-state index contributed by atoms with van der Waals surface area (Å²) >= 11 is 0. The number of carbonyl (C=O) groups excluding carboxylic acids is 1. The van der Waals surface area contributed by atoms with Gasteiger partial charge in [0.2, 0.25) is 5.91 Å². The van der Waals surface area contributed by atoms with Crippen LogP contribution in [0.2, 0.25) is 0 Å². The standard InChI is InChI=1S/C15H21N3O3/c1-9-7-10(8-11(12(9)16)13(19)20)18-6-5-17(4)14(21)15(18,2)3/h7-8H,5-6,16H2,1-4H3,(H,19,20). The van der Waals surface area contributed by atoms with Crippen LogP contribution in [0, 0.1) is 6.92 Å². The van der Waals surface area contributed by atoms with Crippen LogP contribution in [0.25, 0.3) is 0 Å². The molecule has 0 aromatic heterocycles. The molecule has 1 amide bonds. The van der Waals surface area contributed by atoms with Crippen molar-refractivity contribution >= 4 is 23.3 Å². The van der Waals surface area contributed by atoms with Crippen molar-refractivity contribution in [1.82, 2.24) is 4.90 Å². The second kappa shape index (κ2) is 4.95. The molecule has 0 radical (unpaired) electrons. The SMILES string of the molecule is Cc1cc(N2CCN(C)C(=O)C2(C)C)cc(C(=O)O)c1N. The Morgan fingerprint density at radius 1 is 1.33 bits per heavy atom. The van der Waals surface area contributed by atoms with Gasteiger partial charge in [-0.15, -0.1) is 0 Å². The maximum Gasteiger partial charge on any atom is 0.337 e. The highest BCUT2D eigenvalue weighted by Crippen LogP contribution is 2.32. The van der Waals surface area contributed by atoms with E-state index in [9.17, 15) is 14.7 Å². The Morgan fingerprint density at radius 2 is 1.95 bits per heavy atom. The predicted octanol–water partition coefficient (Wildman–Crippen LogP) is 1.33. The topological polar surface area (TPSA) is 86.9 Å². The summed E-state index contributed by atoms with van der Waals surface area (Å²) in [6, 6.07) is 3.38. The maximum atomic E-state index is 12.3. The zero-order valence-electron chi connectivity index (χ0n) is 12.8. The molecule has 1 saturated heterocycles. The molecule has 1 aliphatic heterocycles. The Hall–Kier alpha value is -2.24. The van der Waals surface area contributed by atoms with Crippen LogP contribution < -0.4 is 10.6 Å². The number of carboxylic acids is 1. The number of aryl methyl sites for hydroxylation is 1. The van der Waals surface area contributed by atoms with Crippen molar-refractivity contribution in [2.45, 2.75) is 26.3 Å². The molecule has 0 saturated carbocycles. The summed E-state index contributed by atoms with van der Waals surface area (Å²) in [4.78, 5) is 27.3. The van der Waals surface area contributed by atoms with E-state index in [1.54, 1.807) is 24.9 Å². The third-order valence-corrected chi connectivity index (χ3v) is 4.12. The van der Waals surface area contributed by atoms with Crippen LogP contribution in [-0.2, 0) is 4.79 Å². The van der Waals surface area contributed by atoms with Gasteiger partial charge in [-0.2, -0.15) is 0 Å². The van der Waals surface area contributed by atoms with E-state index in [-0.39, 0.29) is 17.2 Å². The number of hydrogen-bond donors (Lipinski definition) is 2. The Morgan fingerprint density at radius 3 is 2.52 bits per heavy atom. The number of likely N-dealkylation sites (N-methyl/N-ethyl adjacent to an activating group) is 1. The van der Waals surface area contributed by atoms with E-state index in [2.05, 4.69) is 0 Å². The average Bonchev–Trinajstić information content (AvgIpc) is 2.39. The van der Waals surface area contributed by atoms with Crippen LogP contribution in [0.15, 0.2) is 12.1 Å². The molecule has 0 atom stereocenters. The lowest BCUT2D eigenvalue weighted by molar-refractivity contribution is -0.136. The van der Waals surface area contributed by atoms with Gasteiger partial charge in [-0.3, -0.25) is 4.79 Å². The average molecular weight is 291 g/mol. The fourth-order valence-electron chi connectivity index (χ4n) is 2.78. The third-order valence-electron chi connectivity index (χ3n) is 4.12. The number of anilines is 2. The number of nitrogens with zero attached hydrogens (tertiary/aromatic N) is 2. The van der Waals surface area contributed by atoms with Crippen LogP contribution in [0.4, 0.5) is 11.4 Å². The fraction of sp³-hybridized carbons (Fsp3) is 0.467. The molecule has 1 aliphatic rings. The Labute approximate surface area is 124 Å². The second-order valence-corrected chi connectivity index (χ2v) is 5.97. The second-order valence-electron chi connectivity index (χ2n) is 5.97. The zero-order valence-corrected chi connectivity index (χ0v) is 12.8. The molecular formula is C15H21N3O3. The summed E-state index contributed by atoms with van der Waals surface area (Å²) in [7, 11) is 1.78. The van der Waals surface area contributed by atoms with Crippen molar-refractivity contribution in [1.29, 1.82) is 0 Å². The monoisotopic (exact) mass is 291 g/mol. The Bertz CT molecular complexity index is 610. The van der Waals surface area contributed by atoms with E-state index < -0.39 is 11.5 Å². The van der Waals surface area contributed by atoms with E-state index in [0.29, 0.717) is 24.3 Å². The van der Waals surface area contributed by atoms with Crippen molar-refractivity contribution in [2.24, 2.45) is 0 Å². The molecule has 114 valence electrons. The molecule has 1 fully saturated rings. The highest BCUT2D eigenvalue weighted by atomic mass is 16.4. The van der Waals surface area contributed by atoms with E-state index in [4.69, 9.17) is 5.73 Å². The first-order valence-electron chi connectivity index (χ1n) is 6.83. The van der Waals surface area contributed by atoms with E-state index >= 15 is 0 Å². The Kier molecular flexibility index (Phi) is 3.57. The summed E-state index contributed by atoms with van der Waals surface area (Å²) in [5.41, 5.74) is 6.87. The maximum absolute atomic E-state index is 12.3. The van der Waals surface area contributed by atoms with Gasteiger partial charge in [0.25, 0.3) is 0 Å². The first-order valence-corrected chi connectivity index (χ1v) is 6.83. The van der Waals surface area contributed by atoms with Gasteiger partial charge < -0.3 is 20.6 Å². The normalized spacial score (nSPS) is 18.0. The van der Waals surface area contributed by atoms with E-state index in [1.165, 1.54) is 0 Å². The van der Waals surface area contributed by atoms with Gasteiger partial charge in [-0.25, -0.2) is 4.79 Å². The number of rotatable bonds is 2. The minimum atomic E-state index is -1.06. The number of benzene rings is 1. The quantitative estimate of drug-likeness (QED) is 0.803. The van der Waals surface area contributed by atoms with Gasteiger partial charge in [-0.05, 0) is 38.5 Å². The summed E-state index contributed by atoms with van der Waals surface area (Å²) in [5.74, 6) is -1.05. The number of piperazine rings is 1. The van der Waals surface area contributed by atoms with Crippen molar-refractivity contribution in [3.63, 3.8) is 0 Å². The number of hydrogen-bond acceptors (Lipinski definition) is 4. The number of nitrogen functional groups attached to an aromatic ring is 1. The summed E-state index contributed by atoms with van der Waals surface area (Å²) < 4.78 is 0. The number of nitrogens with two attached hydrogens (primary N) is 1. The first-order chi connectivity index (χ1) is 9.66. The number of aromatic carboxylic acids is 1. The summed E-state index contributed by atoms with van der Waals surface area (Å²) in [6.45, 7) is 6.72. The van der Waals surface area contributed by atoms with Crippen LogP contribution in [0.5, 0.6) is 0 Å². The van der Waals surface area contributed by atoms with E-state index in [0.717, 1.165) is 0 Å². The van der Waals surface area contributed by atoms with Crippen LogP contribution in [0.1, 0.15) is 29.8 Å². The highest BCUT2D eigenvalue weighted by Gasteiger charge is 2.40. The molecule has 6 nitrogen and oxygen atoms in total. The number of amides is 1. The number of carbonyl (C=O) groups is 2. The largest absolute Gasteiger partial charge is 0.478 e. The molecule has 2 rings (SSSR count). The zero-order chi connectivity index (χ0) is 15.9. The predicted molar refractivity (Wildman–Crippen MR) is 81.6 cm³/mol. The summed E-state index contributed by atoms with van der Waals surface area (Å²) in [5, 5.41) is 9.26. The van der Waals surface area contributed by atoms with Crippen LogP contribution in [0.3, 0.4) is 0 Å². The lowest BCUT2D eigenvalue weighted by Crippen LogP contribution is -2.62. The molecular weight excluding hydrogens is 270 g/mol. The lowest BCUT2D eigenvalue weighted by atomic mass is 9.95. The van der Waals surface area contributed by atoms with Crippen LogP contribution >= 0.6 is 0 Å². The molecule has 0 spiro atoms. The smallest absolute Gasteiger partial charge is 0.337 e. The molecule has 1 aromatic carbocycles. The lowest BCUT2D eigenvalue weighted by Gasteiger charge is -2.46. The fourth-order valence-corrected chi connectivity index (χ4v) is 2.78. The molecule has 6 heteroatoms. The molecule has 0 bridgehead atoms. The number of carboxylic acid groups (broad SMARTS) is 1. The van der Waals surface area contributed by atoms with Gasteiger partial charge in [0.05, 0.1) is 5.56 Å². The van der Waals surface area contributed by atoms with Crippen molar-refractivity contribution in [3.05, 3.63) is 23.3 Å². The van der Waals surface area contributed by atoms with Gasteiger partial charge in [0.1, 0.15) is 5.54 Å². The van der Waals surface area contributed by atoms with E-state index in [1.807, 2.05) is 24.8 Å². The molecule has 0 unspecified atom stereocenters. The van der Waals surface area contributed by atoms with Crippen molar-refractivity contribution in [2.75, 3.05) is 30.8 Å². The molecule has 3 N–H and O–H groups in total. The molecule has 1 aromatic rings. The minimum absolute atomic E-state index is 0.0140. The molecule has 1 heterocycles. The van der Waals surface area contributed by atoms with Crippen molar-refractivity contribution < 1.29 is 14.7 Å². The minimum Gasteiger partial charge on any atom is -0.478 e. The van der Waals surface area contributed by atoms with Crippen molar-refractivity contribution in [3.8, 4) is 0 Å². The van der Waals surface area contributed by atoms with Gasteiger partial charge in [0.15, 0.2) is 0 Å². The Balaban J connectivity index is 2.52. The molecule has 21 heavy (non-hydrogen) atoms. The molecule has 0 aliphatic carbocycles. The highest BCUT2D eigenvalue weighted by molar-refractivity contribution is 5.97. The van der Waals surface area contributed by atoms with Crippen LogP contribution in [-0.4, -0.2) is 47.6 Å². The first kappa shape index (κ1) is 15.2. The summed E-state index contributed by atoms with van der Waals surface area (Å²) in [6.07, 6.45) is 0.